The van der Waals surface area contributed by atoms with Gasteiger partial charge in [0.1, 0.15) is 23.2 Å². The highest BCUT2D eigenvalue weighted by Crippen LogP contribution is 2.35. The Morgan fingerprint density at radius 2 is 1.86 bits per heavy atom. The van der Waals surface area contributed by atoms with Gasteiger partial charge in [0.15, 0.2) is 23.1 Å². The molecule has 0 radical (unpaired) electrons. The predicted molar refractivity (Wildman–Crippen MR) is 131 cm³/mol. The first-order valence-corrected chi connectivity index (χ1v) is 11.3. The topological polar surface area (TPSA) is 86.5 Å². The van der Waals surface area contributed by atoms with Crippen LogP contribution in [0, 0.1) is 5.82 Å². The van der Waals surface area contributed by atoms with Gasteiger partial charge in [0.2, 0.25) is 0 Å². The molecule has 0 aliphatic rings. The molecule has 4 rings (SSSR count). The Morgan fingerprint density at radius 3 is 2.54 bits per heavy atom. The van der Waals surface area contributed by atoms with Crippen LogP contribution in [-0.2, 0) is 17.9 Å². The minimum atomic E-state index is -0.823. The normalized spacial score (nSPS) is 10.8. The van der Waals surface area contributed by atoms with Gasteiger partial charge in [-0.05, 0) is 42.0 Å². The number of ether oxygens (including phenoxy) is 2. The highest BCUT2D eigenvalue weighted by molar-refractivity contribution is 6.35. The van der Waals surface area contributed by atoms with Crippen molar-refractivity contribution in [2.75, 3.05) is 12.4 Å². The molecular formula is C24H17Cl3FN3O4. The highest BCUT2D eigenvalue weighted by Gasteiger charge is 2.24. The smallest absolute Gasteiger partial charge is 0.359 e. The van der Waals surface area contributed by atoms with Crippen molar-refractivity contribution in [1.29, 1.82) is 0 Å². The molecule has 0 saturated heterocycles. The molecule has 2 heterocycles. The molecule has 0 aliphatic heterocycles. The van der Waals surface area contributed by atoms with Crippen molar-refractivity contribution in [3.8, 4) is 17.1 Å². The van der Waals surface area contributed by atoms with E-state index in [1.165, 1.54) is 25.5 Å². The van der Waals surface area contributed by atoms with Gasteiger partial charge in [-0.15, -0.1) is 0 Å². The second-order valence-corrected chi connectivity index (χ2v) is 8.36. The van der Waals surface area contributed by atoms with Gasteiger partial charge in [-0.25, -0.2) is 19.2 Å². The van der Waals surface area contributed by atoms with Gasteiger partial charge in [-0.2, -0.15) is 0 Å². The number of furan rings is 1. The summed E-state index contributed by atoms with van der Waals surface area (Å²) < 4.78 is 30.8. The molecule has 35 heavy (non-hydrogen) atoms. The average Bonchev–Trinajstić information content (AvgIpc) is 3.37. The Labute approximate surface area is 214 Å². The zero-order valence-corrected chi connectivity index (χ0v) is 20.4. The number of esters is 1. The molecule has 0 bridgehead atoms. The number of carbonyl (C=O) groups is 1. The SMILES string of the molecule is COc1c(Cl)ccc(-c2nc(NCc3ccco3)c(Cl)c(C(=O)OCc3ccc(Cl)cc3)n2)c1F. The molecule has 4 aromatic rings. The van der Waals surface area contributed by atoms with Gasteiger partial charge in [0.25, 0.3) is 0 Å². The van der Waals surface area contributed by atoms with E-state index in [2.05, 4.69) is 15.3 Å². The molecule has 0 spiro atoms. The zero-order valence-electron chi connectivity index (χ0n) is 18.1. The molecule has 0 amide bonds. The lowest BCUT2D eigenvalue weighted by Crippen LogP contribution is -2.13. The third kappa shape index (κ3) is 5.67. The molecular weight excluding hydrogens is 520 g/mol. The number of nitrogens with zero attached hydrogens (tertiary/aromatic N) is 2. The summed E-state index contributed by atoms with van der Waals surface area (Å²) in [4.78, 5) is 21.4. The summed E-state index contributed by atoms with van der Waals surface area (Å²) in [7, 11) is 1.28. The minimum Gasteiger partial charge on any atom is -0.492 e. The first kappa shape index (κ1) is 24.8. The molecule has 1 N–H and O–H groups in total. The second kappa shape index (κ2) is 10.9. The van der Waals surface area contributed by atoms with Crippen molar-refractivity contribution >= 4 is 46.6 Å². The molecule has 2 aromatic carbocycles. The Hall–Kier alpha value is -3.33. The molecule has 0 unspecified atom stereocenters. The summed E-state index contributed by atoms with van der Waals surface area (Å²) in [6.07, 6.45) is 1.51. The van der Waals surface area contributed by atoms with Gasteiger partial charge < -0.3 is 19.2 Å². The lowest BCUT2D eigenvalue weighted by atomic mass is 10.1. The largest absolute Gasteiger partial charge is 0.492 e. The minimum absolute atomic E-state index is 0.0456. The van der Waals surface area contributed by atoms with Crippen molar-refractivity contribution in [1.82, 2.24) is 9.97 Å². The van der Waals surface area contributed by atoms with E-state index in [4.69, 9.17) is 48.7 Å². The number of methoxy groups -OCH3 is 1. The van der Waals surface area contributed by atoms with E-state index in [9.17, 15) is 4.79 Å². The molecule has 11 heteroatoms. The van der Waals surface area contributed by atoms with Crippen molar-refractivity contribution in [2.45, 2.75) is 13.2 Å². The number of benzene rings is 2. The van der Waals surface area contributed by atoms with Crippen molar-refractivity contribution in [3.63, 3.8) is 0 Å². The zero-order chi connectivity index (χ0) is 24.9. The van der Waals surface area contributed by atoms with Gasteiger partial charge >= 0.3 is 5.97 Å². The summed E-state index contributed by atoms with van der Waals surface area (Å²) in [5, 5.41) is 3.51. The standard InChI is InChI=1S/C24H17Cl3FN3O4/c1-33-21-17(26)9-8-16(19(21)28)22-30-20(24(32)35-12-13-4-6-14(25)7-5-13)18(27)23(31-22)29-11-15-3-2-10-34-15/h2-10H,11-12H2,1H3,(H,29,30,31). The summed E-state index contributed by atoms with van der Waals surface area (Å²) in [6, 6.07) is 13.1. The van der Waals surface area contributed by atoms with E-state index in [0.29, 0.717) is 16.3 Å². The Kier molecular flexibility index (Phi) is 7.75. The van der Waals surface area contributed by atoms with Crippen molar-refractivity contribution < 1.29 is 23.1 Å². The number of carbonyl (C=O) groups excluding carboxylic acids is 1. The number of aromatic nitrogens is 2. The lowest BCUT2D eigenvalue weighted by Gasteiger charge is -2.14. The first-order valence-electron chi connectivity index (χ1n) is 10.1. The number of halogens is 4. The van der Waals surface area contributed by atoms with Crippen LogP contribution in [0.3, 0.4) is 0 Å². The molecule has 0 saturated carbocycles. The second-order valence-electron chi connectivity index (χ2n) is 7.14. The number of hydrogen-bond donors (Lipinski definition) is 1. The fraction of sp³-hybridized carbons (Fsp3) is 0.125. The molecule has 2 aromatic heterocycles. The Bertz CT molecular complexity index is 1350. The maximum atomic E-state index is 15.1. The van der Waals surface area contributed by atoms with Crippen LogP contribution >= 0.6 is 34.8 Å². The third-order valence-electron chi connectivity index (χ3n) is 4.83. The monoisotopic (exact) mass is 535 g/mol. The number of nitrogens with one attached hydrogen (secondary N) is 1. The van der Waals surface area contributed by atoms with Crippen LogP contribution in [0.25, 0.3) is 11.4 Å². The van der Waals surface area contributed by atoms with Crippen LogP contribution in [0.2, 0.25) is 15.1 Å². The molecule has 0 atom stereocenters. The van der Waals surface area contributed by atoms with Crippen molar-refractivity contribution in [2.24, 2.45) is 0 Å². The highest BCUT2D eigenvalue weighted by atomic mass is 35.5. The number of anilines is 1. The van der Waals surface area contributed by atoms with Crippen LogP contribution < -0.4 is 10.1 Å². The maximum Gasteiger partial charge on any atom is 0.359 e. The predicted octanol–water partition coefficient (Wildman–Crippen LogP) is 6.81. The summed E-state index contributed by atoms with van der Waals surface area (Å²) in [5.41, 5.74) is 0.411. The summed E-state index contributed by atoms with van der Waals surface area (Å²) in [5.74, 6) is -1.25. The Balaban J connectivity index is 1.71. The molecule has 0 aliphatic carbocycles. The van der Waals surface area contributed by atoms with Gasteiger partial charge in [0, 0.05) is 5.02 Å². The van der Waals surface area contributed by atoms with Crippen LogP contribution in [0.4, 0.5) is 10.2 Å². The van der Waals surface area contributed by atoms with Crippen LogP contribution in [0.5, 0.6) is 5.75 Å². The van der Waals surface area contributed by atoms with Gasteiger partial charge in [-0.3, -0.25) is 0 Å². The number of rotatable bonds is 8. The maximum absolute atomic E-state index is 15.1. The van der Waals surface area contributed by atoms with Crippen LogP contribution in [0.15, 0.2) is 59.2 Å². The molecule has 180 valence electrons. The fourth-order valence-corrected chi connectivity index (χ4v) is 3.67. The summed E-state index contributed by atoms with van der Waals surface area (Å²) in [6.45, 7) is 0.152. The third-order valence-corrected chi connectivity index (χ3v) is 5.74. The molecule has 0 fully saturated rings. The number of hydrogen-bond acceptors (Lipinski definition) is 7. The van der Waals surface area contributed by atoms with E-state index in [-0.39, 0.29) is 51.8 Å². The van der Waals surface area contributed by atoms with Gasteiger partial charge in [0.05, 0.1) is 30.5 Å². The van der Waals surface area contributed by atoms with Crippen LogP contribution in [0.1, 0.15) is 21.8 Å². The Morgan fingerprint density at radius 1 is 1.09 bits per heavy atom. The van der Waals surface area contributed by atoms with E-state index < -0.39 is 11.8 Å². The van der Waals surface area contributed by atoms with Crippen molar-refractivity contribution in [3.05, 3.63) is 92.7 Å². The quantitative estimate of drug-likeness (QED) is 0.247. The average molecular weight is 537 g/mol. The summed E-state index contributed by atoms with van der Waals surface area (Å²) >= 11 is 18.4. The van der Waals surface area contributed by atoms with E-state index >= 15 is 4.39 Å². The molecule has 7 nitrogen and oxygen atoms in total. The van der Waals surface area contributed by atoms with Gasteiger partial charge in [-0.1, -0.05) is 46.9 Å². The van der Waals surface area contributed by atoms with Crippen LogP contribution in [-0.4, -0.2) is 23.0 Å². The fourth-order valence-electron chi connectivity index (χ4n) is 3.09. The first-order chi connectivity index (χ1) is 16.9. The lowest BCUT2D eigenvalue weighted by molar-refractivity contribution is 0.0466. The van der Waals surface area contributed by atoms with E-state index in [1.54, 1.807) is 36.4 Å². The van der Waals surface area contributed by atoms with E-state index in [1.807, 2.05) is 0 Å². The van der Waals surface area contributed by atoms with E-state index in [0.717, 1.165) is 0 Å².